The number of carbonyl (C=O) groups is 1. The fourth-order valence-electron chi connectivity index (χ4n) is 1.13. The fourth-order valence-corrected chi connectivity index (χ4v) is 1.13. The number of carbonyl (C=O) groups excluding carboxylic acids is 1. The highest BCUT2D eigenvalue weighted by atomic mass is 19.4. The molecule has 4 nitrogen and oxygen atoms in total. The van der Waals surface area contributed by atoms with Crippen molar-refractivity contribution in [1.29, 1.82) is 0 Å². The Morgan fingerprint density at radius 2 is 2.00 bits per heavy atom. The van der Waals surface area contributed by atoms with E-state index in [0.717, 1.165) is 0 Å². The van der Waals surface area contributed by atoms with Crippen LogP contribution < -0.4 is 11.1 Å². The van der Waals surface area contributed by atoms with Gasteiger partial charge in [0.2, 0.25) is 5.91 Å². The lowest BCUT2D eigenvalue weighted by Crippen LogP contribution is -2.60. The Kier molecular flexibility index (Phi) is 5.02. The molecule has 0 aromatic heterocycles. The number of hydrogen-bond donors (Lipinski definition) is 2. The van der Waals surface area contributed by atoms with Crippen LogP contribution in [0.15, 0.2) is 0 Å². The summed E-state index contributed by atoms with van der Waals surface area (Å²) in [6, 6.07) is 0. The van der Waals surface area contributed by atoms with Crippen molar-refractivity contribution in [3.63, 3.8) is 0 Å². The van der Waals surface area contributed by atoms with Crippen LogP contribution in [-0.2, 0) is 9.53 Å². The van der Waals surface area contributed by atoms with Crippen LogP contribution in [0.5, 0.6) is 0 Å². The molecule has 1 amide bonds. The highest BCUT2D eigenvalue weighted by Crippen LogP contribution is 2.17. The van der Waals surface area contributed by atoms with E-state index in [9.17, 15) is 18.0 Å². The molecule has 7 heteroatoms. The summed E-state index contributed by atoms with van der Waals surface area (Å²) in [6.45, 7) is 0.106. The zero-order chi connectivity index (χ0) is 12.1. The average Bonchev–Trinajstić information content (AvgIpc) is 2.10. The molecule has 0 aliphatic carbocycles. The van der Waals surface area contributed by atoms with Crippen LogP contribution in [0.4, 0.5) is 13.2 Å². The molecule has 0 heterocycles. The molecular formula is C8H15F3N2O2. The average molecular weight is 228 g/mol. The summed E-state index contributed by atoms with van der Waals surface area (Å²) < 4.78 is 40.6. The summed E-state index contributed by atoms with van der Waals surface area (Å²) in [6.07, 6.45) is -4.25. The van der Waals surface area contributed by atoms with E-state index in [1.807, 2.05) is 0 Å². The molecule has 15 heavy (non-hydrogen) atoms. The van der Waals surface area contributed by atoms with E-state index >= 15 is 0 Å². The van der Waals surface area contributed by atoms with Gasteiger partial charge in [-0.15, -0.1) is 0 Å². The van der Waals surface area contributed by atoms with Gasteiger partial charge in [-0.1, -0.05) is 6.92 Å². The lowest BCUT2D eigenvalue weighted by molar-refractivity contribution is -0.138. The first kappa shape index (κ1) is 14.2. The first-order valence-electron chi connectivity index (χ1n) is 4.38. The van der Waals surface area contributed by atoms with Gasteiger partial charge in [0.05, 0.1) is 13.2 Å². The van der Waals surface area contributed by atoms with Crippen molar-refractivity contribution >= 4 is 5.91 Å². The molecule has 0 aromatic carbocycles. The number of nitrogens with two attached hydrogens (primary N) is 1. The van der Waals surface area contributed by atoms with Crippen LogP contribution in [-0.4, -0.2) is 37.9 Å². The van der Waals surface area contributed by atoms with Crippen LogP contribution in [0.2, 0.25) is 0 Å². The minimum atomic E-state index is -4.39. The lowest BCUT2D eigenvalue weighted by atomic mass is 9.96. The standard InChI is InChI=1S/C8H15F3N2O2/c1-3-7(5-15-2,6(12)14)13-4-8(9,10)11/h13H,3-5H2,1-2H3,(H2,12,14). The maximum atomic E-state index is 12.0. The SMILES string of the molecule is CCC(COC)(NCC(F)(F)F)C(N)=O. The number of rotatable bonds is 6. The molecule has 0 fully saturated rings. The number of alkyl halides is 3. The summed E-state index contributed by atoms with van der Waals surface area (Å²) in [5, 5.41) is 2.10. The van der Waals surface area contributed by atoms with Crippen molar-refractivity contribution < 1.29 is 22.7 Å². The fraction of sp³-hybridized carbons (Fsp3) is 0.875. The molecule has 90 valence electrons. The summed E-state index contributed by atoms with van der Waals surface area (Å²) in [5.41, 5.74) is 3.59. The predicted molar refractivity (Wildman–Crippen MR) is 48.2 cm³/mol. The number of nitrogens with one attached hydrogen (secondary N) is 1. The third-order valence-electron chi connectivity index (χ3n) is 2.09. The van der Waals surface area contributed by atoms with Crippen molar-refractivity contribution in [1.82, 2.24) is 5.32 Å². The zero-order valence-corrected chi connectivity index (χ0v) is 8.65. The van der Waals surface area contributed by atoms with Crippen molar-refractivity contribution in [3.8, 4) is 0 Å². The van der Waals surface area contributed by atoms with Crippen molar-refractivity contribution in [2.24, 2.45) is 5.73 Å². The molecule has 0 spiro atoms. The van der Waals surface area contributed by atoms with E-state index in [1.54, 1.807) is 6.92 Å². The van der Waals surface area contributed by atoms with Gasteiger partial charge < -0.3 is 10.5 Å². The van der Waals surface area contributed by atoms with E-state index in [0.29, 0.717) is 0 Å². The maximum Gasteiger partial charge on any atom is 0.401 e. The quantitative estimate of drug-likeness (QED) is 0.692. The second-order valence-electron chi connectivity index (χ2n) is 3.20. The lowest BCUT2D eigenvalue weighted by Gasteiger charge is -2.30. The molecule has 0 rings (SSSR count). The number of halogens is 3. The molecule has 1 unspecified atom stereocenters. The van der Waals surface area contributed by atoms with Crippen molar-refractivity contribution in [2.75, 3.05) is 20.3 Å². The van der Waals surface area contributed by atoms with Gasteiger partial charge in [0.25, 0.3) is 0 Å². The van der Waals surface area contributed by atoms with Crippen LogP contribution >= 0.6 is 0 Å². The third kappa shape index (κ3) is 4.48. The van der Waals surface area contributed by atoms with Crippen LogP contribution in [0.3, 0.4) is 0 Å². The first-order chi connectivity index (χ1) is 6.77. The monoisotopic (exact) mass is 228 g/mol. The number of ether oxygens (including phenoxy) is 1. The van der Waals surface area contributed by atoms with Gasteiger partial charge in [0, 0.05) is 7.11 Å². The Morgan fingerprint density at radius 3 is 2.27 bits per heavy atom. The normalized spacial score (nSPS) is 16.1. The largest absolute Gasteiger partial charge is 0.401 e. The molecule has 0 saturated carbocycles. The van der Waals surface area contributed by atoms with E-state index < -0.39 is 24.2 Å². The summed E-state index contributed by atoms with van der Waals surface area (Å²) >= 11 is 0. The minimum Gasteiger partial charge on any atom is -0.382 e. The van der Waals surface area contributed by atoms with Crippen molar-refractivity contribution in [3.05, 3.63) is 0 Å². The van der Waals surface area contributed by atoms with E-state index in [-0.39, 0.29) is 13.0 Å². The van der Waals surface area contributed by atoms with Crippen molar-refractivity contribution in [2.45, 2.75) is 25.1 Å². The van der Waals surface area contributed by atoms with Crippen LogP contribution in [0, 0.1) is 0 Å². The molecular weight excluding hydrogens is 213 g/mol. The van der Waals surface area contributed by atoms with Crippen LogP contribution in [0.1, 0.15) is 13.3 Å². The Bertz CT molecular complexity index is 220. The zero-order valence-electron chi connectivity index (χ0n) is 8.65. The van der Waals surface area contributed by atoms with E-state index in [1.165, 1.54) is 7.11 Å². The van der Waals surface area contributed by atoms with Gasteiger partial charge in [-0.25, -0.2) is 0 Å². The van der Waals surface area contributed by atoms with Gasteiger partial charge in [-0.05, 0) is 6.42 Å². The van der Waals surface area contributed by atoms with Gasteiger partial charge in [-0.3, -0.25) is 10.1 Å². The number of hydrogen-bond acceptors (Lipinski definition) is 3. The van der Waals surface area contributed by atoms with E-state index in [2.05, 4.69) is 5.32 Å². The molecule has 1 atom stereocenters. The number of methoxy groups -OCH3 is 1. The second kappa shape index (κ2) is 5.32. The Labute approximate surface area is 86.0 Å². The molecule has 0 aliphatic heterocycles. The van der Waals surface area contributed by atoms with Crippen LogP contribution in [0.25, 0.3) is 0 Å². The number of primary amides is 1. The Morgan fingerprint density at radius 1 is 1.47 bits per heavy atom. The highest BCUT2D eigenvalue weighted by Gasteiger charge is 2.38. The molecule has 0 radical (unpaired) electrons. The number of amides is 1. The van der Waals surface area contributed by atoms with E-state index in [4.69, 9.17) is 10.5 Å². The molecule has 0 aliphatic rings. The predicted octanol–water partition coefficient (Wildman–Crippen LogP) is 0.419. The highest BCUT2D eigenvalue weighted by molar-refractivity contribution is 5.84. The van der Waals surface area contributed by atoms with Gasteiger partial charge >= 0.3 is 6.18 Å². The summed E-state index contributed by atoms with van der Waals surface area (Å²) in [4.78, 5) is 11.1. The Balaban J connectivity index is 4.55. The molecule has 0 bridgehead atoms. The van der Waals surface area contributed by atoms with Gasteiger partial charge in [-0.2, -0.15) is 13.2 Å². The smallest absolute Gasteiger partial charge is 0.382 e. The minimum absolute atomic E-state index is 0.131. The molecule has 3 N–H and O–H groups in total. The maximum absolute atomic E-state index is 12.0. The topological polar surface area (TPSA) is 64.3 Å². The summed E-state index contributed by atoms with van der Waals surface area (Å²) in [7, 11) is 1.29. The second-order valence-corrected chi connectivity index (χ2v) is 3.20. The third-order valence-corrected chi connectivity index (χ3v) is 2.09. The molecule has 0 aromatic rings. The van der Waals surface area contributed by atoms with Gasteiger partial charge in [0.1, 0.15) is 5.54 Å². The Hall–Kier alpha value is -0.820. The first-order valence-corrected chi connectivity index (χ1v) is 4.38. The van der Waals surface area contributed by atoms with Gasteiger partial charge in [0.15, 0.2) is 0 Å². The summed E-state index contributed by atoms with van der Waals surface area (Å²) in [5.74, 6) is -0.851. The molecule has 0 saturated heterocycles.